The van der Waals surface area contributed by atoms with Crippen LogP contribution in [0.25, 0.3) is 0 Å². The van der Waals surface area contributed by atoms with Crippen LogP contribution in [0.5, 0.6) is 0 Å². The molecule has 0 N–H and O–H groups in total. The minimum atomic E-state index is -1.61. The summed E-state index contributed by atoms with van der Waals surface area (Å²) in [5, 5.41) is 0. The van der Waals surface area contributed by atoms with Gasteiger partial charge in [-0.3, -0.25) is 0 Å². The fourth-order valence-corrected chi connectivity index (χ4v) is 0. The molecule has 6 heavy (non-hydrogen) atoms. The molecule has 0 fully saturated rings. The van der Waals surface area contributed by atoms with Crippen LogP contribution >= 0.6 is 46.4 Å². The number of alkyl halides is 4. The second kappa shape index (κ2) is 4.13. The molecule has 0 aliphatic rings. The van der Waals surface area contributed by atoms with Gasteiger partial charge in [0.1, 0.15) is 0 Å². The van der Waals surface area contributed by atoms with Crippen LogP contribution in [0.4, 0.5) is 0 Å². The molecule has 0 saturated heterocycles. The average Bonchev–Trinajstić information content (AvgIpc) is 0.722. The second-order valence-electron chi connectivity index (χ2n) is 0.429. The first kappa shape index (κ1) is 11.1. The smallest absolute Gasteiger partial charge is 0.0664 e. The Morgan fingerprint density at radius 2 is 0.833 bits per heavy atom. The van der Waals surface area contributed by atoms with Crippen molar-refractivity contribution in [1.82, 2.24) is 0 Å². The maximum absolute atomic E-state index is 4.83. The Kier molecular flexibility index (Phi) is 7.61. The van der Waals surface area contributed by atoms with Crippen molar-refractivity contribution in [3.05, 3.63) is 0 Å². The molecule has 0 heterocycles. The fourth-order valence-electron chi connectivity index (χ4n) is 0. The van der Waals surface area contributed by atoms with E-state index in [9.17, 15) is 0 Å². The molecular formula is CCl4U. The van der Waals surface area contributed by atoms with E-state index in [1.54, 1.807) is 0 Å². The van der Waals surface area contributed by atoms with Gasteiger partial charge in [0.25, 0.3) is 3.25 Å². The molecule has 36 valence electrons. The summed E-state index contributed by atoms with van der Waals surface area (Å²) in [6.45, 7) is 0. The Hall–Kier alpha value is 2.21. The summed E-state index contributed by atoms with van der Waals surface area (Å²) >= 11 is 19.3. The Labute approximate surface area is 79.8 Å². The Morgan fingerprint density at radius 1 is 0.833 bits per heavy atom. The Bertz CT molecular complexity index is 23.0. The quantitative estimate of drug-likeness (QED) is 0.557. The molecule has 0 spiro atoms. The summed E-state index contributed by atoms with van der Waals surface area (Å²) in [7, 11) is 0. The second-order valence-corrected chi connectivity index (χ2v) is 3.86. The van der Waals surface area contributed by atoms with Crippen LogP contribution in [-0.4, -0.2) is 3.25 Å². The van der Waals surface area contributed by atoms with Crippen molar-refractivity contribution in [2.75, 3.05) is 0 Å². The predicted molar refractivity (Wildman–Crippen MR) is 26.1 cm³/mol. The summed E-state index contributed by atoms with van der Waals surface area (Å²) < 4.78 is -1.61. The number of hydrogen-bond donors (Lipinski definition) is 0. The van der Waals surface area contributed by atoms with Gasteiger partial charge in [0, 0.05) is 31.1 Å². The summed E-state index contributed by atoms with van der Waals surface area (Å²) in [4.78, 5) is 0. The first-order valence-corrected chi connectivity index (χ1v) is 2.27. The predicted octanol–water partition coefficient (Wildman–Crippen LogP) is 2.55. The van der Waals surface area contributed by atoms with E-state index in [4.69, 9.17) is 46.4 Å². The minimum Gasteiger partial charge on any atom is -0.0664 e. The molecule has 0 aromatic rings. The van der Waals surface area contributed by atoms with E-state index in [1.807, 2.05) is 0 Å². The molecule has 0 aliphatic heterocycles. The van der Waals surface area contributed by atoms with Crippen molar-refractivity contribution in [1.29, 1.82) is 0 Å². The molecule has 0 saturated carbocycles. The van der Waals surface area contributed by atoms with E-state index in [2.05, 4.69) is 0 Å². The van der Waals surface area contributed by atoms with Gasteiger partial charge in [-0.2, -0.15) is 0 Å². The van der Waals surface area contributed by atoms with Gasteiger partial charge in [-0.25, -0.2) is 0 Å². The zero-order valence-electron chi connectivity index (χ0n) is 2.51. The van der Waals surface area contributed by atoms with E-state index in [-0.39, 0.29) is 31.1 Å². The maximum Gasteiger partial charge on any atom is 0.266 e. The molecule has 0 unspecified atom stereocenters. The van der Waals surface area contributed by atoms with Crippen molar-refractivity contribution in [2.24, 2.45) is 0 Å². The fraction of sp³-hybridized carbons (Fsp3) is 1.00. The normalized spacial score (nSPS) is 10.0. The third-order valence-electron chi connectivity index (χ3n) is 0. The average molecular weight is 392 g/mol. The Balaban J connectivity index is 0. The summed E-state index contributed by atoms with van der Waals surface area (Å²) in [5.74, 6) is 0. The van der Waals surface area contributed by atoms with Crippen molar-refractivity contribution in [3.63, 3.8) is 0 Å². The van der Waals surface area contributed by atoms with Crippen LogP contribution in [0.2, 0.25) is 0 Å². The third-order valence-corrected chi connectivity index (χ3v) is 0. The SMILES string of the molecule is ClC(Cl)(Cl)Cl.[U]. The molecule has 0 aromatic heterocycles. The summed E-state index contributed by atoms with van der Waals surface area (Å²) in [6.07, 6.45) is 0. The van der Waals surface area contributed by atoms with E-state index in [0.717, 1.165) is 0 Å². The first-order chi connectivity index (χ1) is 2.00. The van der Waals surface area contributed by atoms with Gasteiger partial charge in [-0.15, -0.1) is 0 Å². The zero-order chi connectivity index (χ0) is 4.50. The minimum absolute atomic E-state index is 0. The Morgan fingerprint density at radius 3 is 0.833 bits per heavy atom. The van der Waals surface area contributed by atoms with Gasteiger partial charge in [0.05, 0.1) is 0 Å². The van der Waals surface area contributed by atoms with E-state index in [1.165, 1.54) is 0 Å². The van der Waals surface area contributed by atoms with Crippen molar-refractivity contribution in [2.45, 2.75) is 3.25 Å². The van der Waals surface area contributed by atoms with Crippen LogP contribution in [0.3, 0.4) is 0 Å². The van der Waals surface area contributed by atoms with E-state index < -0.39 is 3.25 Å². The van der Waals surface area contributed by atoms with Crippen molar-refractivity contribution < 1.29 is 31.1 Å². The molecule has 5 heteroatoms. The summed E-state index contributed by atoms with van der Waals surface area (Å²) in [6, 6.07) is 0. The third kappa shape index (κ3) is 34.5. The molecular weight excluding hydrogens is 392 g/mol. The topological polar surface area (TPSA) is 0 Å². The van der Waals surface area contributed by atoms with Crippen LogP contribution in [0, 0.1) is 31.1 Å². The van der Waals surface area contributed by atoms with Crippen molar-refractivity contribution >= 4 is 46.4 Å². The molecule has 0 bridgehead atoms. The van der Waals surface area contributed by atoms with Crippen LogP contribution in [-0.2, 0) is 0 Å². The summed E-state index contributed by atoms with van der Waals surface area (Å²) in [5.41, 5.74) is 0. The molecule has 0 amide bonds. The van der Waals surface area contributed by atoms with Crippen molar-refractivity contribution in [3.8, 4) is 0 Å². The van der Waals surface area contributed by atoms with Gasteiger partial charge < -0.3 is 0 Å². The molecule has 0 nitrogen and oxygen atoms in total. The van der Waals surface area contributed by atoms with Crippen LogP contribution < -0.4 is 0 Å². The zero-order valence-corrected chi connectivity index (χ0v) is 9.70. The van der Waals surface area contributed by atoms with Gasteiger partial charge in [0.2, 0.25) is 0 Å². The standard InChI is InChI=1S/CCl4.U/c2-1(3,4)5;. The van der Waals surface area contributed by atoms with E-state index in [0.29, 0.717) is 0 Å². The molecule has 0 aliphatic carbocycles. The largest absolute Gasteiger partial charge is 0.266 e. The van der Waals surface area contributed by atoms with E-state index >= 15 is 0 Å². The number of rotatable bonds is 0. The van der Waals surface area contributed by atoms with Crippen LogP contribution in [0.15, 0.2) is 0 Å². The monoisotopic (exact) mass is 390 g/mol. The van der Waals surface area contributed by atoms with Gasteiger partial charge in [0.15, 0.2) is 0 Å². The maximum atomic E-state index is 4.83. The molecule has 0 aromatic carbocycles. The van der Waals surface area contributed by atoms with Gasteiger partial charge in [-0.05, 0) is 0 Å². The van der Waals surface area contributed by atoms with Gasteiger partial charge >= 0.3 is 0 Å². The van der Waals surface area contributed by atoms with Crippen LogP contribution in [0.1, 0.15) is 0 Å². The van der Waals surface area contributed by atoms with Gasteiger partial charge in [-0.1, -0.05) is 46.4 Å². The molecule has 0 radical (unpaired) electrons. The molecule has 0 rings (SSSR count). The molecule has 0 atom stereocenters. The first-order valence-electron chi connectivity index (χ1n) is 0.756. The number of hydrogen-bond acceptors (Lipinski definition) is 0. The number of halogens is 4.